The van der Waals surface area contributed by atoms with Crippen molar-refractivity contribution in [3.05, 3.63) is 33.9 Å². The van der Waals surface area contributed by atoms with Crippen molar-refractivity contribution >= 4 is 11.4 Å². The second kappa shape index (κ2) is 6.35. The van der Waals surface area contributed by atoms with Gasteiger partial charge in [-0.3, -0.25) is 10.1 Å². The van der Waals surface area contributed by atoms with Crippen LogP contribution in [0.25, 0.3) is 0 Å². The number of nitriles is 1. The van der Waals surface area contributed by atoms with Crippen molar-refractivity contribution in [2.75, 3.05) is 11.9 Å². The largest absolute Gasteiger partial charge is 0.391 e. The molecule has 1 aromatic carbocycles. The Morgan fingerprint density at radius 2 is 2.15 bits per heavy atom. The van der Waals surface area contributed by atoms with E-state index in [0.717, 1.165) is 0 Å². The Morgan fingerprint density at radius 1 is 1.50 bits per heavy atom. The Morgan fingerprint density at radius 3 is 2.65 bits per heavy atom. The van der Waals surface area contributed by atoms with Gasteiger partial charge >= 0.3 is 0 Å². The fourth-order valence-corrected chi connectivity index (χ4v) is 1.91. The summed E-state index contributed by atoms with van der Waals surface area (Å²) in [5.41, 5.74) is 0.457. The second-order valence-corrected chi connectivity index (χ2v) is 5.90. The molecule has 0 saturated carbocycles. The van der Waals surface area contributed by atoms with Gasteiger partial charge in [-0.15, -0.1) is 0 Å². The molecule has 0 spiro atoms. The second-order valence-electron chi connectivity index (χ2n) is 5.90. The molecule has 1 unspecified atom stereocenters. The fourth-order valence-electron chi connectivity index (χ4n) is 1.91. The topological polar surface area (TPSA) is 99.2 Å². The molecule has 2 N–H and O–H groups in total. The molecular formula is C14H19N3O3. The lowest BCUT2D eigenvalue weighted by Gasteiger charge is -2.22. The van der Waals surface area contributed by atoms with Crippen LogP contribution in [0, 0.1) is 26.9 Å². The highest BCUT2D eigenvalue weighted by atomic mass is 16.6. The van der Waals surface area contributed by atoms with Gasteiger partial charge in [0.25, 0.3) is 5.69 Å². The summed E-state index contributed by atoms with van der Waals surface area (Å²) in [6.07, 6.45) is -0.0357. The van der Waals surface area contributed by atoms with Crippen molar-refractivity contribution < 1.29 is 10.0 Å². The molecular weight excluding hydrogens is 258 g/mol. The van der Waals surface area contributed by atoms with Gasteiger partial charge in [0.15, 0.2) is 0 Å². The van der Waals surface area contributed by atoms with Crippen LogP contribution in [0.4, 0.5) is 11.4 Å². The summed E-state index contributed by atoms with van der Waals surface area (Å²) in [6, 6.07) is 6.04. The highest BCUT2D eigenvalue weighted by molar-refractivity contribution is 5.64. The van der Waals surface area contributed by atoms with Crippen LogP contribution >= 0.6 is 0 Å². The van der Waals surface area contributed by atoms with Gasteiger partial charge in [-0.2, -0.15) is 5.26 Å². The smallest absolute Gasteiger partial charge is 0.292 e. The third-order valence-electron chi connectivity index (χ3n) is 2.70. The van der Waals surface area contributed by atoms with E-state index in [4.69, 9.17) is 5.26 Å². The molecule has 0 aliphatic carbocycles. The molecule has 0 fully saturated rings. The predicted octanol–water partition coefficient (Wildman–Crippen LogP) is 2.68. The maximum Gasteiger partial charge on any atom is 0.292 e. The minimum Gasteiger partial charge on any atom is -0.391 e. The number of aliphatic hydroxyl groups is 1. The standard InChI is InChI=1S/C14H19N3O3/c1-14(2,3)7-11(18)9-16-12-6-10(8-15)4-5-13(12)17(19)20/h4-6,11,16,18H,7,9H2,1-3H3. The number of hydrogen-bond donors (Lipinski definition) is 2. The molecule has 0 bridgehead atoms. The van der Waals surface area contributed by atoms with Crippen LogP contribution in [0.5, 0.6) is 0 Å². The zero-order valence-electron chi connectivity index (χ0n) is 11.9. The lowest BCUT2D eigenvalue weighted by Crippen LogP contribution is -2.25. The third kappa shape index (κ3) is 4.86. The highest BCUT2D eigenvalue weighted by Gasteiger charge is 2.19. The van der Waals surface area contributed by atoms with Gasteiger partial charge in [-0.1, -0.05) is 20.8 Å². The SMILES string of the molecule is CC(C)(C)CC(O)CNc1cc(C#N)ccc1[N+](=O)[O-]. The van der Waals surface area contributed by atoms with E-state index >= 15 is 0 Å². The molecule has 0 aromatic heterocycles. The van der Waals surface area contributed by atoms with E-state index in [1.807, 2.05) is 26.8 Å². The van der Waals surface area contributed by atoms with Crippen LogP contribution in [0.3, 0.4) is 0 Å². The first-order valence-corrected chi connectivity index (χ1v) is 6.33. The average molecular weight is 277 g/mol. The first-order valence-electron chi connectivity index (χ1n) is 6.33. The lowest BCUT2D eigenvalue weighted by molar-refractivity contribution is -0.384. The van der Waals surface area contributed by atoms with Crippen molar-refractivity contribution in [3.8, 4) is 6.07 Å². The van der Waals surface area contributed by atoms with Gasteiger partial charge < -0.3 is 10.4 Å². The number of aliphatic hydroxyl groups excluding tert-OH is 1. The monoisotopic (exact) mass is 277 g/mol. The number of nitrogens with one attached hydrogen (secondary N) is 1. The molecule has 0 saturated heterocycles. The molecule has 1 atom stereocenters. The lowest BCUT2D eigenvalue weighted by atomic mass is 9.89. The van der Waals surface area contributed by atoms with Crippen molar-refractivity contribution in [1.82, 2.24) is 0 Å². The van der Waals surface area contributed by atoms with Crippen LogP contribution in [0.1, 0.15) is 32.8 Å². The van der Waals surface area contributed by atoms with E-state index in [1.165, 1.54) is 18.2 Å². The number of anilines is 1. The predicted molar refractivity (Wildman–Crippen MR) is 76.4 cm³/mol. The summed E-state index contributed by atoms with van der Waals surface area (Å²) < 4.78 is 0. The third-order valence-corrected chi connectivity index (χ3v) is 2.70. The first kappa shape index (κ1) is 15.9. The summed E-state index contributed by atoms with van der Waals surface area (Å²) in [6.45, 7) is 6.23. The van der Waals surface area contributed by atoms with Crippen LogP contribution in [-0.2, 0) is 0 Å². The fraction of sp³-hybridized carbons (Fsp3) is 0.500. The van der Waals surface area contributed by atoms with Crippen molar-refractivity contribution in [2.45, 2.75) is 33.3 Å². The molecule has 0 heterocycles. The quantitative estimate of drug-likeness (QED) is 0.636. The number of benzene rings is 1. The zero-order valence-corrected chi connectivity index (χ0v) is 11.9. The van der Waals surface area contributed by atoms with Gasteiger partial charge in [0.05, 0.1) is 22.7 Å². The molecule has 1 aromatic rings. The first-order chi connectivity index (χ1) is 9.23. The van der Waals surface area contributed by atoms with E-state index in [-0.39, 0.29) is 23.3 Å². The van der Waals surface area contributed by atoms with E-state index in [0.29, 0.717) is 12.0 Å². The molecule has 20 heavy (non-hydrogen) atoms. The van der Waals surface area contributed by atoms with E-state index < -0.39 is 11.0 Å². The van der Waals surface area contributed by atoms with Gasteiger partial charge in [-0.05, 0) is 24.0 Å². The summed E-state index contributed by atoms with van der Waals surface area (Å²) in [7, 11) is 0. The Labute approximate surface area is 118 Å². The van der Waals surface area contributed by atoms with Crippen LogP contribution in [0.2, 0.25) is 0 Å². The maximum atomic E-state index is 10.9. The van der Waals surface area contributed by atoms with Gasteiger partial charge in [0, 0.05) is 12.6 Å². The number of nitro groups is 1. The Bertz CT molecular complexity index is 529. The van der Waals surface area contributed by atoms with E-state index in [1.54, 1.807) is 0 Å². The maximum absolute atomic E-state index is 10.9. The Kier molecular flexibility index (Phi) is 5.06. The van der Waals surface area contributed by atoms with Gasteiger partial charge in [0.1, 0.15) is 5.69 Å². The minimum atomic E-state index is -0.611. The van der Waals surface area contributed by atoms with E-state index in [9.17, 15) is 15.2 Å². The molecule has 6 nitrogen and oxygen atoms in total. The van der Waals surface area contributed by atoms with Crippen LogP contribution in [-0.4, -0.2) is 22.7 Å². The molecule has 108 valence electrons. The van der Waals surface area contributed by atoms with Crippen molar-refractivity contribution in [2.24, 2.45) is 5.41 Å². The highest BCUT2D eigenvalue weighted by Crippen LogP contribution is 2.26. The summed E-state index contributed by atoms with van der Waals surface area (Å²) in [5, 5.41) is 32.5. The number of nitrogens with zero attached hydrogens (tertiary/aromatic N) is 2. The molecule has 0 amide bonds. The molecule has 0 aliphatic heterocycles. The number of nitro benzene ring substituents is 1. The molecule has 1 rings (SSSR count). The number of rotatable bonds is 5. The average Bonchev–Trinajstić information content (AvgIpc) is 2.33. The summed E-state index contributed by atoms with van der Waals surface area (Å²) in [5.74, 6) is 0. The van der Waals surface area contributed by atoms with Crippen LogP contribution < -0.4 is 5.32 Å². The van der Waals surface area contributed by atoms with Crippen LogP contribution in [0.15, 0.2) is 18.2 Å². The van der Waals surface area contributed by atoms with E-state index in [2.05, 4.69) is 5.32 Å². The van der Waals surface area contributed by atoms with Crippen molar-refractivity contribution in [3.63, 3.8) is 0 Å². The Balaban J connectivity index is 2.81. The van der Waals surface area contributed by atoms with Gasteiger partial charge in [0.2, 0.25) is 0 Å². The zero-order chi connectivity index (χ0) is 15.3. The van der Waals surface area contributed by atoms with Gasteiger partial charge in [-0.25, -0.2) is 0 Å². The minimum absolute atomic E-state index is 0.0263. The Hall–Kier alpha value is -2.13. The van der Waals surface area contributed by atoms with Crippen molar-refractivity contribution in [1.29, 1.82) is 5.26 Å². The number of hydrogen-bond acceptors (Lipinski definition) is 5. The summed E-state index contributed by atoms with van der Waals surface area (Å²) in [4.78, 5) is 10.4. The molecule has 0 aliphatic rings. The molecule has 6 heteroatoms. The summed E-state index contributed by atoms with van der Waals surface area (Å²) >= 11 is 0. The molecule has 0 radical (unpaired) electrons. The normalized spacial score (nSPS) is 12.6.